The lowest BCUT2D eigenvalue weighted by molar-refractivity contribution is -0.0359. The number of nitrogens with zero attached hydrogens (tertiary/aromatic N) is 2. The summed E-state index contributed by atoms with van der Waals surface area (Å²) < 4.78 is 33.4. The van der Waals surface area contributed by atoms with E-state index in [1.165, 1.54) is 0 Å². The summed E-state index contributed by atoms with van der Waals surface area (Å²) >= 11 is 0. The highest BCUT2D eigenvalue weighted by Crippen LogP contribution is 2.48. The molecule has 0 aromatic heterocycles. The highest BCUT2D eigenvalue weighted by Gasteiger charge is 2.39. The second kappa shape index (κ2) is 17.9. The molecule has 0 saturated heterocycles. The van der Waals surface area contributed by atoms with Crippen LogP contribution in [0.2, 0.25) is 0 Å². The fourth-order valence-corrected chi connectivity index (χ4v) is 6.91. The van der Waals surface area contributed by atoms with E-state index in [0.29, 0.717) is 19.4 Å². The maximum atomic E-state index is 9.17. The van der Waals surface area contributed by atoms with E-state index in [0.717, 1.165) is 34.6 Å². The molecule has 0 bridgehead atoms. The molecule has 0 amide bonds. The van der Waals surface area contributed by atoms with E-state index >= 15 is 0 Å². The molecular formula is C36H47N2O5P. The first-order valence-corrected chi connectivity index (χ1v) is 16.3. The topological polar surface area (TPSA) is 73.2 Å². The van der Waals surface area contributed by atoms with Crippen LogP contribution in [-0.2, 0) is 19.4 Å². The van der Waals surface area contributed by atoms with Gasteiger partial charge in [0.05, 0.1) is 46.0 Å². The summed E-state index contributed by atoms with van der Waals surface area (Å²) in [6.07, 6.45) is 3.34. The summed E-state index contributed by atoms with van der Waals surface area (Å²) in [4.78, 5) is 0. The lowest BCUT2D eigenvalue weighted by Gasteiger charge is -2.39. The van der Waals surface area contributed by atoms with Crippen LogP contribution in [0.5, 0.6) is 11.5 Å². The van der Waals surface area contributed by atoms with Crippen molar-refractivity contribution in [1.82, 2.24) is 4.67 Å². The zero-order valence-electron chi connectivity index (χ0n) is 26.9. The van der Waals surface area contributed by atoms with E-state index in [1.54, 1.807) is 14.2 Å². The Kier molecular flexibility index (Phi) is 14.3. The van der Waals surface area contributed by atoms with Gasteiger partial charge in [0.25, 0.3) is 8.53 Å². The van der Waals surface area contributed by atoms with Gasteiger partial charge in [0.2, 0.25) is 0 Å². The number of hydrogen-bond acceptors (Lipinski definition) is 7. The zero-order valence-corrected chi connectivity index (χ0v) is 27.8. The van der Waals surface area contributed by atoms with E-state index in [1.807, 2.05) is 72.8 Å². The molecule has 0 aliphatic rings. The number of benzene rings is 3. The van der Waals surface area contributed by atoms with Gasteiger partial charge in [0.1, 0.15) is 17.1 Å². The van der Waals surface area contributed by atoms with Crippen molar-refractivity contribution in [1.29, 1.82) is 5.26 Å². The third-order valence-corrected chi connectivity index (χ3v) is 9.44. The van der Waals surface area contributed by atoms with Gasteiger partial charge in [-0.05, 0) is 81.5 Å². The Morgan fingerprint density at radius 1 is 0.841 bits per heavy atom. The van der Waals surface area contributed by atoms with E-state index in [2.05, 4.69) is 57.1 Å². The fraction of sp³-hybridized carbons (Fsp3) is 0.417. The summed E-state index contributed by atoms with van der Waals surface area (Å²) in [6.45, 7) is 13.1. The van der Waals surface area contributed by atoms with Crippen molar-refractivity contribution >= 4 is 8.53 Å². The Morgan fingerprint density at radius 2 is 1.36 bits per heavy atom. The second-order valence-electron chi connectivity index (χ2n) is 11.0. The maximum Gasteiger partial charge on any atom is 0.259 e. The molecule has 0 aliphatic carbocycles. The van der Waals surface area contributed by atoms with Crippen molar-refractivity contribution in [3.8, 4) is 17.6 Å². The smallest absolute Gasteiger partial charge is 0.259 e. The molecule has 0 spiro atoms. The molecule has 0 radical (unpaired) electrons. The highest BCUT2D eigenvalue weighted by molar-refractivity contribution is 7.44. The van der Waals surface area contributed by atoms with Crippen LogP contribution in [0.1, 0.15) is 63.6 Å². The number of rotatable bonds is 19. The van der Waals surface area contributed by atoms with Gasteiger partial charge in [-0.3, -0.25) is 0 Å². The number of hydrogen-bond donors (Lipinski definition) is 0. The summed E-state index contributed by atoms with van der Waals surface area (Å²) in [5.74, 6) is 1.53. The Bertz CT molecular complexity index is 1240. The number of methoxy groups -OCH3 is 2. The monoisotopic (exact) mass is 618 g/mol. The molecule has 3 aromatic rings. The van der Waals surface area contributed by atoms with Crippen LogP contribution >= 0.6 is 8.53 Å². The molecule has 236 valence electrons. The summed E-state index contributed by atoms with van der Waals surface area (Å²) in [5, 5.41) is 9.17. The number of nitriles is 1. The normalized spacial score (nSPS) is 13.1. The van der Waals surface area contributed by atoms with Gasteiger partial charge in [-0.1, -0.05) is 60.7 Å². The minimum Gasteiger partial charge on any atom is -0.497 e. The minimum absolute atomic E-state index is 0.186. The SMILES string of the molecule is C=CCC[C@H](COC(c1ccccc1)(c1ccc(OC)cc1)c1ccc(OC)cc1)OP(OCCC#N)N(C(C)C)C(C)C. The first kappa shape index (κ1) is 35.2. The zero-order chi connectivity index (χ0) is 32.0. The van der Waals surface area contributed by atoms with Crippen LogP contribution in [0.25, 0.3) is 0 Å². The number of allylic oxidation sites excluding steroid dienone is 1. The molecule has 0 saturated carbocycles. The quantitative estimate of drug-likeness (QED) is 0.0576. The van der Waals surface area contributed by atoms with Crippen LogP contribution in [0.15, 0.2) is 91.5 Å². The van der Waals surface area contributed by atoms with Crippen molar-refractivity contribution in [2.24, 2.45) is 0 Å². The van der Waals surface area contributed by atoms with E-state index in [-0.39, 0.29) is 24.8 Å². The van der Waals surface area contributed by atoms with Crippen LogP contribution in [0.3, 0.4) is 0 Å². The maximum absolute atomic E-state index is 9.17. The average molecular weight is 619 g/mol. The summed E-state index contributed by atoms with van der Waals surface area (Å²) in [7, 11) is 1.87. The summed E-state index contributed by atoms with van der Waals surface area (Å²) in [5.41, 5.74) is 1.93. The van der Waals surface area contributed by atoms with Crippen molar-refractivity contribution in [3.05, 3.63) is 108 Å². The minimum atomic E-state index is -1.46. The highest BCUT2D eigenvalue weighted by atomic mass is 31.2. The molecule has 0 heterocycles. The van der Waals surface area contributed by atoms with Crippen molar-refractivity contribution in [2.45, 2.75) is 70.7 Å². The molecule has 3 rings (SSSR count). The van der Waals surface area contributed by atoms with Gasteiger partial charge in [-0.15, -0.1) is 6.58 Å². The predicted molar refractivity (Wildman–Crippen MR) is 178 cm³/mol. The Balaban J connectivity index is 2.10. The van der Waals surface area contributed by atoms with Crippen LogP contribution in [-0.4, -0.2) is 50.3 Å². The first-order chi connectivity index (χ1) is 21.3. The van der Waals surface area contributed by atoms with Crippen LogP contribution in [0, 0.1) is 11.3 Å². The van der Waals surface area contributed by atoms with Gasteiger partial charge in [-0.2, -0.15) is 5.26 Å². The Morgan fingerprint density at radius 3 is 1.82 bits per heavy atom. The Labute approximate surface area is 265 Å². The van der Waals surface area contributed by atoms with Crippen LogP contribution in [0.4, 0.5) is 0 Å². The van der Waals surface area contributed by atoms with Gasteiger partial charge < -0.3 is 23.3 Å². The Hall–Kier alpha value is -3.24. The fourth-order valence-electron chi connectivity index (χ4n) is 5.18. The molecule has 0 aliphatic heterocycles. The molecule has 1 unspecified atom stereocenters. The lowest BCUT2D eigenvalue weighted by atomic mass is 9.80. The van der Waals surface area contributed by atoms with Gasteiger partial charge in [0, 0.05) is 12.1 Å². The molecule has 2 atom stereocenters. The van der Waals surface area contributed by atoms with E-state index in [9.17, 15) is 5.26 Å². The second-order valence-corrected chi connectivity index (χ2v) is 12.4. The number of ether oxygens (including phenoxy) is 3. The van der Waals surface area contributed by atoms with Crippen LogP contribution < -0.4 is 9.47 Å². The van der Waals surface area contributed by atoms with Crippen molar-refractivity contribution in [2.75, 3.05) is 27.4 Å². The molecular weight excluding hydrogens is 571 g/mol. The molecule has 7 nitrogen and oxygen atoms in total. The van der Waals surface area contributed by atoms with Gasteiger partial charge in [0.15, 0.2) is 0 Å². The standard InChI is InChI=1S/C36H47N2O5P/c1-8-9-16-35(43-44(42-26-13-25-37)38(28(2)3)29(4)5)27-41-36(30-14-11-10-12-15-30,31-17-21-33(39-6)22-18-31)32-19-23-34(40-7)24-20-32/h8,10-12,14-15,17-24,28-29,35H,1,9,13,16,26-27H2,2-7H3/t35-,44?/m1/s1. The third kappa shape index (κ3) is 9.14. The molecule has 8 heteroatoms. The molecule has 0 N–H and O–H groups in total. The first-order valence-electron chi connectivity index (χ1n) is 15.1. The van der Waals surface area contributed by atoms with E-state index in [4.69, 9.17) is 23.3 Å². The molecule has 0 fully saturated rings. The lowest BCUT2D eigenvalue weighted by Crippen LogP contribution is -2.38. The van der Waals surface area contributed by atoms with Gasteiger partial charge in [-0.25, -0.2) is 4.67 Å². The molecule has 44 heavy (non-hydrogen) atoms. The third-order valence-electron chi connectivity index (χ3n) is 7.25. The van der Waals surface area contributed by atoms with Gasteiger partial charge >= 0.3 is 0 Å². The predicted octanol–water partition coefficient (Wildman–Crippen LogP) is 8.64. The van der Waals surface area contributed by atoms with Crippen molar-refractivity contribution < 1.29 is 23.3 Å². The average Bonchev–Trinajstić information content (AvgIpc) is 3.04. The summed E-state index contributed by atoms with van der Waals surface area (Å²) in [6, 6.07) is 28.8. The van der Waals surface area contributed by atoms with E-state index < -0.39 is 14.1 Å². The largest absolute Gasteiger partial charge is 0.497 e. The molecule has 3 aromatic carbocycles. The van der Waals surface area contributed by atoms with Crippen molar-refractivity contribution in [3.63, 3.8) is 0 Å².